The van der Waals surface area contributed by atoms with Gasteiger partial charge >= 0.3 is 6.09 Å². The van der Waals surface area contributed by atoms with Crippen molar-refractivity contribution in [2.75, 3.05) is 43.4 Å². The molecule has 6 aromatic rings. The van der Waals surface area contributed by atoms with Crippen LogP contribution in [0.3, 0.4) is 0 Å². The Hall–Kier alpha value is -6.80. The fraction of sp³-hybridized carbons (Fsp3) is 0.265. The number of piperidine rings is 1. The molecule has 0 bridgehead atoms. The summed E-state index contributed by atoms with van der Waals surface area (Å²) in [5.41, 5.74) is 6.73. The monoisotopic (exact) mass is 836 g/mol. The molecule has 1 aromatic heterocycles. The van der Waals surface area contributed by atoms with Crippen molar-refractivity contribution in [2.45, 2.75) is 51.0 Å². The summed E-state index contributed by atoms with van der Waals surface area (Å²) in [6.45, 7) is 3.20. The van der Waals surface area contributed by atoms with Crippen molar-refractivity contribution in [1.82, 2.24) is 20.5 Å². The number of aromatic nitrogens is 1. The summed E-state index contributed by atoms with van der Waals surface area (Å²) in [5, 5.41) is 30.6. The fourth-order valence-corrected chi connectivity index (χ4v) is 7.64. The van der Waals surface area contributed by atoms with Gasteiger partial charge in [0.25, 0.3) is 0 Å². The molecule has 2 heterocycles. The molecule has 13 nitrogen and oxygen atoms in total. The molecule has 1 aliphatic heterocycles. The van der Waals surface area contributed by atoms with Gasteiger partial charge in [-0.15, -0.1) is 0 Å². The number of benzene rings is 5. The first-order valence-corrected chi connectivity index (χ1v) is 20.9. The van der Waals surface area contributed by atoms with Crippen LogP contribution in [0.4, 0.5) is 16.2 Å². The number of para-hydroxylation sites is 1. The molecule has 13 heteroatoms. The van der Waals surface area contributed by atoms with Crippen LogP contribution in [0.2, 0.25) is 0 Å². The van der Waals surface area contributed by atoms with Gasteiger partial charge in [-0.05, 0) is 71.0 Å². The zero-order valence-corrected chi connectivity index (χ0v) is 34.7. The maximum Gasteiger partial charge on any atom is 0.411 e. The number of amides is 3. The smallest absolute Gasteiger partial charge is 0.411 e. The summed E-state index contributed by atoms with van der Waals surface area (Å²) in [6, 6.07) is 38.9. The summed E-state index contributed by atoms with van der Waals surface area (Å²) in [5.74, 6) is -0.164. The normalized spacial score (nSPS) is 13.6. The highest BCUT2D eigenvalue weighted by Crippen LogP contribution is 2.30. The Morgan fingerprint density at radius 1 is 0.823 bits per heavy atom. The van der Waals surface area contributed by atoms with Crippen molar-refractivity contribution in [3.05, 3.63) is 160 Å². The van der Waals surface area contributed by atoms with Crippen molar-refractivity contribution in [3.8, 4) is 16.9 Å². The van der Waals surface area contributed by atoms with E-state index in [-0.39, 0.29) is 42.2 Å². The number of phenols is 1. The first kappa shape index (κ1) is 43.3. The molecule has 62 heavy (non-hydrogen) atoms. The van der Waals surface area contributed by atoms with Crippen molar-refractivity contribution >= 4 is 40.2 Å². The molecule has 1 aliphatic rings. The van der Waals surface area contributed by atoms with Crippen molar-refractivity contribution in [2.24, 2.45) is 0 Å². The fourth-order valence-electron chi connectivity index (χ4n) is 7.64. The summed E-state index contributed by atoms with van der Waals surface area (Å²) >= 11 is 0. The summed E-state index contributed by atoms with van der Waals surface area (Å²) < 4.78 is 5.77. The van der Waals surface area contributed by atoms with Gasteiger partial charge < -0.3 is 40.4 Å². The Balaban J connectivity index is 0.776. The van der Waals surface area contributed by atoms with E-state index in [0.717, 1.165) is 46.6 Å². The molecule has 1 saturated heterocycles. The number of nitrogens with one attached hydrogen (secondary N) is 4. The minimum Gasteiger partial charge on any atom is -0.506 e. The lowest BCUT2D eigenvalue weighted by Gasteiger charge is -2.31. The van der Waals surface area contributed by atoms with E-state index >= 15 is 0 Å². The Morgan fingerprint density at radius 2 is 1.50 bits per heavy atom. The number of aromatic amines is 1. The number of H-pyrrole nitrogens is 1. The van der Waals surface area contributed by atoms with Crippen LogP contribution in [0.15, 0.2) is 132 Å². The standard InChI is InChI=1S/C49H52N6O7/c1-54(47(60)25-28-55-26-23-38(24-27-55)62-49(61)52-42-10-6-5-9-39(42)36-7-3-2-4-8-36)37-17-15-35(16-18-37)31-51-46(59)29-33-11-13-34(14-12-33)30-50-32-44(57)40-19-21-43(56)48-41(40)20-22-45(58)53-48/h2-22,38,44,50,56-57H,23-32H2,1H3,(H,51,59)(H,52,61)(H,53,58). The molecule has 0 saturated carbocycles. The van der Waals surface area contributed by atoms with E-state index in [1.807, 2.05) is 103 Å². The zero-order chi connectivity index (χ0) is 43.4. The molecule has 3 amide bonds. The first-order valence-electron chi connectivity index (χ1n) is 20.9. The molecule has 320 valence electrons. The second kappa shape index (κ2) is 20.6. The molecular formula is C49H52N6O7. The van der Waals surface area contributed by atoms with E-state index in [9.17, 15) is 29.4 Å². The summed E-state index contributed by atoms with van der Waals surface area (Å²) in [7, 11) is 1.77. The molecule has 0 spiro atoms. The highest BCUT2D eigenvalue weighted by Gasteiger charge is 2.24. The number of likely N-dealkylation sites (tertiary alicyclic amines) is 1. The molecular weight excluding hydrogens is 785 g/mol. The van der Waals surface area contributed by atoms with Crippen LogP contribution in [0.25, 0.3) is 22.0 Å². The summed E-state index contributed by atoms with van der Waals surface area (Å²) in [6.07, 6.45) is 0.458. The predicted molar refractivity (Wildman–Crippen MR) is 241 cm³/mol. The van der Waals surface area contributed by atoms with Gasteiger partial charge in [-0.2, -0.15) is 0 Å². The number of anilines is 2. The van der Waals surface area contributed by atoms with E-state index in [1.165, 1.54) is 12.1 Å². The number of phenolic OH excluding ortho intramolecular Hbond substituents is 1. The maximum absolute atomic E-state index is 13.1. The Labute approximate surface area is 360 Å². The molecule has 1 unspecified atom stereocenters. The average Bonchev–Trinajstić information content (AvgIpc) is 3.29. The van der Waals surface area contributed by atoms with E-state index in [2.05, 4.69) is 25.8 Å². The second-order valence-electron chi connectivity index (χ2n) is 15.6. The van der Waals surface area contributed by atoms with Crippen LogP contribution in [0, 0.1) is 0 Å². The van der Waals surface area contributed by atoms with Gasteiger partial charge in [0.05, 0.1) is 23.7 Å². The number of pyridine rings is 1. The number of aromatic hydroxyl groups is 1. The number of rotatable bonds is 16. The average molecular weight is 837 g/mol. The Bertz CT molecular complexity index is 2520. The van der Waals surface area contributed by atoms with Gasteiger partial charge in [-0.1, -0.05) is 91.0 Å². The van der Waals surface area contributed by atoms with Gasteiger partial charge in [-0.3, -0.25) is 19.7 Å². The molecule has 0 radical (unpaired) electrons. The first-order chi connectivity index (χ1) is 30.1. The Morgan fingerprint density at radius 3 is 2.26 bits per heavy atom. The van der Waals surface area contributed by atoms with Crippen LogP contribution in [0.5, 0.6) is 5.75 Å². The molecule has 0 aliphatic carbocycles. The quantitative estimate of drug-likeness (QED) is 0.0624. The SMILES string of the molecule is CN(C(=O)CCN1CCC(OC(=O)Nc2ccccc2-c2ccccc2)CC1)c1ccc(CNC(=O)Cc2ccc(CNCC(O)c3ccc(O)c4[nH]c(=O)ccc34)cc2)cc1. The van der Waals surface area contributed by atoms with Crippen LogP contribution < -0.4 is 26.4 Å². The van der Waals surface area contributed by atoms with Gasteiger partial charge in [0.15, 0.2) is 0 Å². The van der Waals surface area contributed by atoms with Crippen molar-refractivity contribution < 1.29 is 29.3 Å². The molecule has 1 atom stereocenters. The number of ether oxygens (including phenoxy) is 1. The van der Waals surface area contributed by atoms with Gasteiger partial charge in [0.2, 0.25) is 17.4 Å². The lowest BCUT2D eigenvalue weighted by molar-refractivity contribution is -0.120. The maximum atomic E-state index is 13.1. The van der Waals surface area contributed by atoms with E-state index in [4.69, 9.17) is 4.74 Å². The van der Waals surface area contributed by atoms with Gasteiger partial charge in [0, 0.05) is 75.4 Å². The largest absolute Gasteiger partial charge is 0.506 e. The number of carbonyl (C=O) groups excluding carboxylic acids is 3. The minimum absolute atomic E-state index is 0.00246. The van der Waals surface area contributed by atoms with E-state index in [1.54, 1.807) is 24.1 Å². The van der Waals surface area contributed by atoms with Gasteiger partial charge in [-0.25, -0.2) is 4.79 Å². The molecule has 1 fully saturated rings. The van der Waals surface area contributed by atoms with Crippen molar-refractivity contribution in [1.29, 1.82) is 0 Å². The van der Waals surface area contributed by atoms with E-state index < -0.39 is 12.2 Å². The number of aliphatic hydroxyl groups excluding tert-OH is 1. The number of hydrogen-bond acceptors (Lipinski definition) is 9. The highest BCUT2D eigenvalue weighted by atomic mass is 16.6. The molecule has 7 rings (SSSR count). The number of carbonyl (C=O) groups is 3. The summed E-state index contributed by atoms with van der Waals surface area (Å²) in [4.78, 5) is 56.9. The molecule has 6 N–H and O–H groups in total. The van der Waals surface area contributed by atoms with Crippen LogP contribution in [0.1, 0.15) is 47.6 Å². The van der Waals surface area contributed by atoms with E-state index in [0.29, 0.717) is 61.1 Å². The van der Waals surface area contributed by atoms with Crippen LogP contribution >= 0.6 is 0 Å². The number of hydrogen-bond donors (Lipinski definition) is 6. The third-order valence-corrected chi connectivity index (χ3v) is 11.2. The highest BCUT2D eigenvalue weighted by molar-refractivity contribution is 5.93. The number of fused-ring (bicyclic) bond motifs is 1. The third-order valence-electron chi connectivity index (χ3n) is 11.2. The second-order valence-corrected chi connectivity index (χ2v) is 15.6. The topological polar surface area (TPSA) is 176 Å². The number of aliphatic hydroxyl groups is 1. The minimum atomic E-state index is -0.862. The van der Waals surface area contributed by atoms with Crippen molar-refractivity contribution in [3.63, 3.8) is 0 Å². The number of nitrogens with zero attached hydrogens (tertiary/aromatic N) is 2. The lowest BCUT2D eigenvalue weighted by Crippen LogP contribution is -2.40. The van der Waals surface area contributed by atoms with Crippen LogP contribution in [-0.4, -0.2) is 77.3 Å². The Kier molecular flexibility index (Phi) is 14.4. The van der Waals surface area contributed by atoms with Crippen LogP contribution in [-0.2, 0) is 33.8 Å². The van der Waals surface area contributed by atoms with Gasteiger partial charge in [0.1, 0.15) is 11.9 Å². The zero-order valence-electron chi connectivity index (χ0n) is 34.7. The molecule has 5 aromatic carbocycles. The predicted octanol–water partition coefficient (Wildman–Crippen LogP) is 6.65. The third kappa shape index (κ3) is 11.5. The lowest BCUT2D eigenvalue weighted by atomic mass is 10.0.